The first kappa shape index (κ1) is 24.0. The van der Waals surface area contributed by atoms with Crippen LogP contribution in [0.1, 0.15) is 24.2 Å². The molecule has 0 saturated carbocycles. The van der Waals surface area contributed by atoms with Gasteiger partial charge in [0.1, 0.15) is 11.9 Å². The molecule has 2 atom stereocenters. The van der Waals surface area contributed by atoms with Crippen LogP contribution in [0.15, 0.2) is 48.5 Å². The number of esters is 2. The minimum Gasteiger partial charge on any atom is -0.482 e. The van der Waals surface area contributed by atoms with Crippen LogP contribution in [0.25, 0.3) is 0 Å². The number of hydrogen-bond donors (Lipinski definition) is 0. The van der Waals surface area contributed by atoms with Crippen LogP contribution >= 0.6 is 24.0 Å². The largest absolute Gasteiger partial charge is 0.482 e. The average Bonchev–Trinajstić information content (AvgIpc) is 2.72. The fourth-order valence-corrected chi connectivity index (χ4v) is 3.48. The molecule has 0 bridgehead atoms. The molecule has 2 aromatic rings. The summed E-state index contributed by atoms with van der Waals surface area (Å²) in [6.45, 7) is 2.86. The Morgan fingerprint density at radius 3 is 2.67 bits per heavy atom. The lowest BCUT2D eigenvalue weighted by Crippen LogP contribution is -2.46. The van der Waals surface area contributed by atoms with Crippen molar-refractivity contribution in [2.75, 3.05) is 26.8 Å². The van der Waals surface area contributed by atoms with Crippen molar-refractivity contribution in [1.29, 1.82) is 0 Å². The van der Waals surface area contributed by atoms with Crippen molar-refractivity contribution < 1.29 is 23.8 Å². The highest BCUT2D eigenvalue weighted by molar-refractivity contribution is 6.30. The van der Waals surface area contributed by atoms with Gasteiger partial charge in [-0.15, -0.1) is 12.4 Å². The molecule has 8 heteroatoms. The Morgan fingerprint density at radius 2 is 2.00 bits per heavy atom. The Hall–Kier alpha value is -2.28. The van der Waals surface area contributed by atoms with Gasteiger partial charge in [-0.05, 0) is 48.7 Å². The number of carbonyl (C=O) groups is 2. The molecule has 2 aromatic carbocycles. The number of methoxy groups -OCH3 is 1. The second kappa shape index (κ2) is 11.2. The third kappa shape index (κ3) is 6.62. The van der Waals surface area contributed by atoms with Crippen LogP contribution < -0.4 is 4.74 Å². The standard InChI is InChI=1S/C22H24ClNO5.ClH/c1-15(10-16-6-8-19(9-7-16)28-14-22(26)27-2)24-12-20(29-21(25)13-24)17-4-3-5-18(23)11-17;/h3-9,11,15,20H,10,12-14H2,1-2H3;1H. The van der Waals surface area contributed by atoms with Crippen molar-refractivity contribution in [3.8, 4) is 5.75 Å². The van der Waals surface area contributed by atoms with Gasteiger partial charge in [-0.1, -0.05) is 35.9 Å². The number of halogens is 2. The van der Waals surface area contributed by atoms with Gasteiger partial charge >= 0.3 is 11.9 Å². The number of rotatable bonds is 7. The van der Waals surface area contributed by atoms with Crippen LogP contribution in [-0.2, 0) is 25.5 Å². The van der Waals surface area contributed by atoms with E-state index in [0.717, 1.165) is 17.5 Å². The van der Waals surface area contributed by atoms with Crippen molar-refractivity contribution in [2.45, 2.75) is 25.5 Å². The van der Waals surface area contributed by atoms with E-state index in [2.05, 4.69) is 16.6 Å². The lowest BCUT2D eigenvalue weighted by Gasteiger charge is -2.36. The maximum Gasteiger partial charge on any atom is 0.343 e. The highest BCUT2D eigenvalue weighted by Crippen LogP contribution is 2.27. The van der Waals surface area contributed by atoms with Gasteiger partial charge in [-0.25, -0.2) is 4.79 Å². The zero-order valence-electron chi connectivity index (χ0n) is 16.9. The molecule has 1 aliphatic heterocycles. The fraction of sp³-hybridized carbons (Fsp3) is 0.364. The average molecular weight is 454 g/mol. The molecule has 0 amide bonds. The minimum absolute atomic E-state index is 0. The van der Waals surface area contributed by atoms with Crippen molar-refractivity contribution >= 4 is 35.9 Å². The molecule has 0 aromatic heterocycles. The molecule has 0 spiro atoms. The first-order valence-corrected chi connectivity index (χ1v) is 9.80. The summed E-state index contributed by atoms with van der Waals surface area (Å²) in [7, 11) is 1.32. The molecule has 162 valence electrons. The van der Waals surface area contributed by atoms with Gasteiger partial charge in [-0.2, -0.15) is 0 Å². The Balaban J connectivity index is 0.00000320. The smallest absolute Gasteiger partial charge is 0.343 e. The predicted octanol–water partition coefficient (Wildman–Crippen LogP) is 3.84. The summed E-state index contributed by atoms with van der Waals surface area (Å²) in [5, 5.41) is 0.623. The summed E-state index contributed by atoms with van der Waals surface area (Å²) in [4.78, 5) is 25.4. The van der Waals surface area contributed by atoms with Crippen LogP contribution in [0.5, 0.6) is 5.75 Å². The monoisotopic (exact) mass is 453 g/mol. The second-order valence-corrected chi connectivity index (χ2v) is 7.46. The van der Waals surface area contributed by atoms with Crippen molar-refractivity contribution in [3.05, 3.63) is 64.7 Å². The first-order valence-electron chi connectivity index (χ1n) is 9.42. The van der Waals surface area contributed by atoms with Crippen LogP contribution in [0, 0.1) is 0 Å². The molecule has 30 heavy (non-hydrogen) atoms. The predicted molar refractivity (Wildman–Crippen MR) is 116 cm³/mol. The summed E-state index contributed by atoms with van der Waals surface area (Å²) in [5.74, 6) is -0.0528. The fourth-order valence-electron chi connectivity index (χ4n) is 3.29. The molecular formula is C22H25Cl2NO5. The van der Waals surface area contributed by atoms with Gasteiger partial charge in [0.15, 0.2) is 6.61 Å². The van der Waals surface area contributed by atoms with E-state index < -0.39 is 5.97 Å². The highest BCUT2D eigenvalue weighted by atomic mass is 35.5. The van der Waals surface area contributed by atoms with E-state index in [1.54, 1.807) is 6.07 Å². The lowest BCUT2D eigenvalue weighted by molar-refractivity contribution is -0.160. The normalized spacial score (nSPS) is 17.4. The molecule has 6 nitrogen and oxygen atoms in total. The van der Waals surface area contributed by atoms with Crippen LogP contribution in [0.2, 0.25) is 5.02 Å². The maximum absolute atomic E-state index is 12.1. The van der Waals surface area contributed by atoms with Gasteiger partial charge in [0.25, 0.3) is 0 Å². The zero-order valence-corrected chi connectivity index (χ0v) is 18.4. The number of cyclic esters (lactones) is 1. The number of carbonyl (C=O) groups excluding carboxylic acids is 2. The van der Waals surface area contributed by atoms with Gasteiger partial charge in [0, 0.05) is 17.6 Å². The number of ether oxygens (including phenoxy) is 3. The molecule has 1 heterocycles. The Bertz CT molecular complexity index is 859. The van der Waals surface area contributed by atoms with Gasteiger partial charge in [-0.3, -0.25) is 9.69 Å². The SMILES string of the molecule is COC(=O)COc1ccc(CC(C)N2CC(=O)OC(c3cccc(Cl)c3)C2)cc1.Cl. The Morgan fingerprint density at radius 1 is 1.27 bits per heavy atom. The third-order valence-corrected chi connectivity index (χ3v) is 5.12. The van der Waals surface area contributed by atoms with E-state index in [0.29, 0.717) is 17.3 Å². The van der Waals surface area contributed by atoms with E-state index in [-0.39, 0.29) is 43.7 Å². The molecule has 0 radical (unpaired) electrons. The van der Waals surface area contributed by atoms with Crippen molar-refractivity contribution in [3.63, 3.8) is 0 Å². The first-order chi connectivity index (χ1) is 13.9. The summed E-state index contributed by atoms with van der Waals surface area (Å²) in [5.41, 5.74) is 2.01. The van der Waals surface area contributed by atoms with Gasteiger partial charge in [0.2, 0.25) is 0 Å². The number of benzene rings is 2. The number of hydrogen-bond acceptors (Lipinski definition) is 6. The summed E-state index contributed by atoms with van der Waals surface area (Å²) < 4.78 is 15.5. The molecule has 0 N–H and O–H groups in total. The second-order valence-electron chi connectivity index (χ2n) is 7.02. The van der Waals surface area contributed by atoms with E-state index in [1.165, 1.54) is 7.11 Å². The molecule has 1 fully saturated rings. The van der Waals surface area contributed by atoms with Crippen molar-refractivity contribution in [1.82, 2.24) is 4.90 Å². The van der Waals surface area contributed by atoms with Crippen LogP contribution in [0.3, 0.4) is 0 Å². The zero-order chi connectivity index (χ0) is 20.8. The molecule has 1 aliphatic rings. The molecule has 1 saturated heterocycles. The molecule has 3 rings (SSSR count). The summed E-state index contributed by atoms with van der Waals surface area (Å²) >= 11 is 6.08. The maximum atomic E-state index is 12.1. The van der Waals surface area contributed by atoms with Crippen molar-refractivity contribution in [2.24, 2.45) is 0 Å². The topological polar surface area (TPSA) is 65.1 Å². The lowest BCUT2D eigenvalue weighted by atomic mass is 10.0. The number of morpholine rings is 1. The molecule has 0 aliphatic carbocycles. The summed E-state index contributed by atoms with van der Waals surface area (Å²) in [6, 6.07) is 15.1. The van der Waals surface area contributed by atoms with Gasteiger partial charge in [0.05, 0.1) is 13.7 Å². The summed E-state index contributed by atoms with van der Waals surface area (Å²) in [6.07, 6.45) is 0.443. The molecular weight excluding hydrogens is 429 g/mol. The Kier molecular flexibility index (Phi) is 8.96. The minimum atomic E-state index is -0.422. The molecule has 2 unspecified atom stereocenters. The Labute approximate surface area is 187 Å². The quantitative estimate of drug-likeness (QED) is 0.593. The van der Waals surface area contributed by atoms with Crippen LogP contribution in [-0.4, -0.2) is 49.7 Å². The van der Waals surface area contributed by atoms with Gasteiger partial charge < -0.3 is 14.2 Å². The van der Waals surface area contributed by atoms with E-state index in [9.17, 15) is 9.59 Å². The van der Waals surface area contributed by atoms with E-state index >= 15 is 0 Å². The third-order valence-electron chi connectivity index (χ3n) is 4.89. The van der Waals surface area contributed by atoms with E-state index in [4.69, 9.17) is 21.1 Å². The van der Waals surface area contributed by atoms with Crippen LogP contribution in [0.4, 0.5) is 0 Å². The number of nitrogens with zero attached hydrogens (tertiary/aromatic N) is 1. The highest BCUT2D eigenvalue weighted by Gasteiger charge is 2.30. The van der Waals surface area contributed by atoms with E-state index in [1.807, 2.05) is 42.5 Å².